The van der Waals surface area contributed by atoms with Crippen LogP contribution in [0.25, 0.3) is 0 Å². The van der Waals surface area contributed by atoms with Crippen molar-refractivity contribution in [2.45, 2.75) is 31.3 Å². The minimum atomic E-state index is -0.219. The largest absolute Gasteiger partial charge is 0.371 e. The summed E-state index contributed by atoms with van der Waals surface area (Å²) in [4.78, 5) is 26.8. The summed E-state index contributed by atoms with van der Waals surface area (Å²) in [5.74, 6) is -0.0836. The number of nitrogens with one attached hydrogen (secondary N) is 2. The van der Waals surface area contributed by atoms with Crippen LogP contribution in [0.5, 0.6) is 0 Å². The fourth-order valence-corrected chi connectivity index (χ4v) is 3.88. The van der Waals surface area contributed by atoms with Gasteiger partial charge in [-0.3, -0.25) is 9.59 Å². The smallest absolute Gasteiger partial charge is 0.252 e. The van der Waals surface area contributed by atoms with Crippen molar-refractivity contribution in [3.05, 3.63) is 65.7 Å². The molecule has 134 valence electrons. The van der Waals surface area contributed by atoms with Gasteiger partial charge in [0.15, 0.2) is 0 Å². The van der Waals surface area contributed by atoms with E-state index in [1.54, 1.807) is 0 Å². The fourth-order valence-electron chi connectivity index (χ4n) is 3.88. The van der Waals surface area contributed by atoms with Gasteiger partial charge in [0.1, 0.15) is 0 Å². The third kappa shape index (κ3) is 3.43. The SMILES string of the molecule is O=C(CC1NC(=O)c2ccccc21)NC1CCN(c2ccccc2)CC1. The van der Waals surface area contributed by atoms with E-state index in [1.807, 2.05) is 30.3 Å². The lowest BCUT2D eigenvalue weighted by molar-refractivity contribution is -0.122. The molecule has 2 aromatic carbocycles. The summed E-state index contributed by atoms with van der Waals surface area (Å²) in [6.45, 7) is 1.88. The number of fused-ring (bicyclic) bond motifs is 1. The molecule has 2 aliphatic heterocycles. The molecule has 1 unspecified atom stereocenters. The standard InChI is InChI=1S/C21H23N3O2/c25-20(14-19-17-8-4-5-9-18(17)21(26)23-19)22-15-10-12-24(13-11-15)16-6-2-1-3-7-16/h1-9,15,19H,10-14H2,(H,22,25)(H,23,26). The molecule has 0 aliphatic carbocycles. The lowest BCUT2D eigenvalue weighted by atomic mass is 10.0. The predicted molar refractivity (Wildman–Crippen MR) is 101 cm³/mol. The number of carbonyl (C=O) groups excluding carboxylic acids is 2. The Labute approximate surface area is 153 Å². The van der Waals surface area contributed by atoms with Crippen molar-refractivity contribution in [2.24, 2.45) is 0 Å². The van der Waals surface area contributed by atoms with E-state index >= 15 is 0 Å². The van der Waals surface area contributed by atoms with Gasteiger partial charge < -0.3 is 15.5 Å². The third-order valence-electron chi connectivity index (χ3n) is 5.26. The van der Waals surface area contributed by atoms with Gasteiger partial charge in [-0.05, 0) is 36.6 Å². The van der Waals surface area contributed by atoms with Crippen molar-refractivity contribution < 1.29 is 9.59 Å². The van der Waals surface area contributed by atoms with Gasteiger partial charge in [0.2, 0.25) is 5.91 Å². The number of nitrogens with zero attached hydrogens (tertiary/aromatic N) is 1. The Morgan fingerprint density at radius 2 is 1.73 bits per heavy atom. The molecule has 2 N–H and O–H groups in total. The highest BCUT2D eigenvalue weighted by atomic mass is 16.2. The van der Waals surface area contributed by atoms with Crippen molar-refractivity contribution >= 4 is 17.5 Å². The molecule has 5 heteroatoms. The van der Waals surface area contributed by atoms with E-state index in [2.05, 4.69) is 39.8 Å². The normalized spacial score (nSPS) is 19.8. The summed E-state index contributed by atoms with van der Waals surface area (Å²) in [7, 11) is 0. The minimum absolute atomic E-state index is 0.00478. The van der Waals surface area contributed by atoms with Crippen molar-refractivity contribution in [3.63, 3.8) is 0 Å². The predicted octanol–water partition coefficient (Wildman–Crippen LogP) is 2.65. The number of rotatable bonds is 4. The van der Waals surface area contributed by atoms with Gasteiger partial charge in [-0.25, -0.2) is 0 Å². The maximum Gasteiger partial charge on any atom is 0.252 e. The number of hydrogen-bond donors (Lipinski definition) is 2. The summed E-state index contributed by atoms with van der Waals surface area (Å²) in [5, 5.41) is 6.05. The van der Waals surface area contributed by atoms with Gasteiger partial charge in [0.05, 0.1) is 12.5 Å². The number of anilines is 1. The Morgan fingerprint density at radius 3 is 2.50 bits per heavy atom. The highest BCUT2D eigenvalue weighted by molar-refractivity contribution is 5.99. The minimum Gasteiger partial charge on any atom is -0.371 e. The van der Waals surface area contributed by atoms with Gasteiger partial charge in [-0.2, -0.15) is 0 Å². The highest BCUT2D eigenvalue weighted by Crippen LogP contribution is 2.27. The number of amides is 2. The van der Waals surface area contributed by atoms with Crippen molar-refractivity contribution in [2.75, 3.05) is 18.0 Å². The van der Waals surface area contributed by atoms with Crippen LogP contribution in [-0.2, 0) is 4.79 Å². The van der Waals surface area contributed by atoms with Crippen LogP contribution in [0.2, 0.25) is 0 Å². The summed E-state index contributed by atoms with van der Waals surface area (Å²) >= 11 is 0. The van der Waals surface area contributed by atoms with E-state index < -0.39 is 0 Å². The average Bonchev–Trinajstić information content (AvgIpc) is 2.99. The van der Waals surface area contributed by atoms with Crippen molar-refractivity contribution in [3.8, 4) is 0 Å². The first-order chi connectivity index (χ1) is 12.7. The molecule has 0 bridgehead atoms. The molecule has 26 heavy (non-hydrogen) atoms. The molecular weight excluding hydrogens is 326 g/mol. The molecule has 1 saturated heterocycles. The molecule has 0 radical (unpaired) electrons. The van der Waals surface area contributed by atoms with Crippen molar-refractivity contribution in [1.82, 2.24) is 10.6 Å². The number of piperidine rings is 1. The molecular formula is C21H23N3O2. The molecule has 1 fully saturated rings. The number of carbonyl (C=O) groups is 2. The van der Waals surface area contributed by atoms with Crippen LogP contribution in [0.15, 0.2) is 54.6 Å². The summed E-state index contributed by atoms with van der Waals surface area (Å²) in [6.07, 6.45) is 2.17. The second kappa shape index (κ2) is 7.20. The number of para-hydroxylation sites is 1. The van der Waals surface area contributed by atoms with E-state index in [0.717, 1.165) is 31.5 Å². The maximum absolute atomic E-state index is 12.5. The lowest BCUT2D eigenvalue weighted by Gasteiger charge is -2.34. The zero-order chi connectivity index (χ0) is 17.9. The summed E-state index contributed by atoms with van der Waals surface area (Å²) < 4.78 is 0. The number of benzene rings is 2. The Balaban J connectivity index is 1.29. The van der Waals surface area contributed by atoms with Gasteiger partial charge in [0.25, 0.3) is 5.91 Å². The van der Waals surface area contributed by atoms with E-state index in [-0.39, 0.29) is 23.9 Å². The number of hydrogen-bond acceptors (Lipinski definition) is 3. The molecule has 2 amide bonds. The van der Waals surface area contributed by atoms with E-state index in [4.69, 9.17) is 0 Å². The van der Waals surface area contributed by atoms with Crippen LogP contribution in [0.4, 0.5) is 5.69 Å². The van der Waals surface area contributed by atoms with Gasteiger partial charge >= 0.3 is 0 Å². The monoisotopic (exact) mass is 349 g/mol. The Hall–Kier alpha value is -2.82. The topological polar surface area (TPSA) is 61.4 Å². The first kappa shape index (κ1) is 16.6. The fraction of sp³-hybridized carbons (Fsp3) is 0.333. The highest BCUT2D eigenvalue weighted by Gasteiger charge is 2.30. The third-order valence-corrected chi connectivity index (χ3v) is 5.26. The zero-order valence-electron chi connectivity index (χ0n) is 14.7. The molecule has 1 atom stereocenters. The molecule has 0 saturated carbocycles. The summed E-state index contributed by atoms with van der Waals surface area (Å²) in [5.41, 5.74) is 2.84. The van der Waals surface area contributed by atoms with Gasteiger partial charge in [0, 0.05) is 30.4 Å². The molecule has 0 aromatic heterocycles. The molecule has 2 aromatic rings. The van der Waals surface area contributed by atoms with Crippen LogP contribution in [-0.4, -0.2) is 30.9 Å². The average molecular weight is 349 g/mol. The van der Waals surface area contributed by atoms with Crippen LogP contribution < -0.4 is 15.5 Å². The Morgan fingerprint density at radius 1 is 1.04 bits per heavy atom. The maximum atomic E-state index is 12.5. The van der Waals surface area contributed by atoms with Crippen molar-refractivity contribution in [1.29, 1.82) is 0 Å². The van der Waals surface area contributed by atoms with Gasteiger partial charge in [-0.1, -0.05) is 36.4 Å². The van der Waals surface area contributed by atoms with Crippen LogP contribution in [0.3, 0.4) is 0 Å². The lowest BCUT2D eigenvalue weighted by Crippen LogP contribution is -2.45. The quantitative estimate of drug-likeness (QED) is 0.892. The Bertz CT molecular complexity index is 798. The van der Waals surface area contributed by atoms with Crippen LogP contribution >= 0.6 is 0 Å². The van der Waals surface area contributed by atoms with Crippen LogP contribution in [0, 0.1) is 0 Å². The summed E-state index contributed by atoms with van der Waals surface area (Å²) in [6, 6.07) is 17.8. The zero-order valence-corrected chi connectivity index (χ0v) is 14.7. The molecule has 0 spiro atoms. The van der Waals surface area contributed by atoms with Crippen LogP contribution in [0.1, 0.15) is 41.2 Å². The van der Waals surface area contributed by atoms with E-state index in [9.17, 15) is 9.59 Å². The molecule has 4 rings (SSSR count). The second-order valence-corrected chi connectivity index (χ2v) is 6.98. The van der Waals surface area contributed by atoms with E-state index in [0.29, 0.717) is 12.0 Å². The molecule has 2 aliphatic rings. The molecule has 2 heterocycles. The van der Waals surface area contributed by atoms with Gasteiger partial charge in [-0.15, -0.1) is 0 Å². The first-order valence-electron chi connectivity index (χ1n) is 9.20. The van der Waals surface area contributed by atoms with E-state index in [1.165, 1.54) is 5.69 Å². The second-order valence-electron chi connectivity index (χ2n) is 6.98. The first-order valence-corrected chi connectivity index (χ1v) is 9.20. The molecule has 5 nitrogen and oxygen atoms in total. The Kier molecular flexibility index (Phi) is 4.61.